The van der Waals surface area contributed by atoms with Gasteiger partial charge in [-0.25, -0.2) is 0 Å². The minimum Gasteiger partial charge on any atom is -0.355 e. The fourth-order valence-electron chi connectivity index (χ4n) is 0.708. The number of nitrogens with one attached hydrogen (secondary N) is 1. The molecule has 2 unspecified atom stereocenters. The van der Waals surface area contributed by atoms with Crippen molar-refractivity contribution in [2.75, 3.05) is 6.54 Å². The van der Waals surface area contributed by atoms with Crippen LogP contribution in [0.1, 0.15) is 34.6 Å². The first kappa shape index (κ1) is 12.8. The van der Waals surface area contributed by atoms with Gasteiger partial charge in [0.25, 0.3) is 0 Å². The molecule has 0 aromatic rings. The number of carbonyl (C=O) groups excluding carboxylic acids is 1. The van der Waals surface area contributed by atoms with Gasteiger partial charge in [0.2, 0.25) is 5.91 Å². The van der Waals surface area contributed by atoms with Gasteiger partial charge in [-0.05, 0) is 18.3 Å². The third-order valence-electron chi connectivity index (χ3n) is 2.44. The molecule has 0 aliphatic rings. The molecule has 0 aliphatic carbocycles. The summed E-state index contributed by atoms with van der Waals surface area (Å²) in [5, 5.41) is 2.66. The van der Waals surface area contributed by atoms with Gasteiger partial charge >= 0.3 is 0 Å². The van der Waals surface area contributed by atoms with Crippen molar-refractivity contribution in [3.8, 4) is 0 Å². The highest BCUT2D eigenvalue weighted by Gasteiger charge is 2.20. The number of thiol groups is 1. The largest absolute Gasteiger partial charge is 0.355 e. The molecule has 0 spiro atoms. The fraction of sp³-hybridized carbons (Fsp3) is 0.900. The Morgan fingerprint density at radius 1 is 1.38 bits per heavy atom. The lowest BCUT2D eigenvalue weighted by molar-refractivity contribution is -0.120. The van der Waals surface area contributed by atoms with Crippen molar-refractivity contribution in [3.63, 3.8) is 0 Å². The highest BCUT2D eigenvalue weighted by molar-refractivity contribution is 7.81. The molecule has 0 fully saturated rings. The third-order valence-corrected chi connectivity index (χ3v) is 2.67. The van der Waals surface area contributed by atoms with Crippen LogP contribution in [-0.4, -0.2) is 17.7 Å². The third kappa shape index (κ3) is 5.19. The highest BCUT2D eigenvalue weighted by Crippen LogP contribution is 2.24. The van der Waals surface area contributed by atoms with E-state index in [1.165, 1.54) is 0 Å². The maximum absolute atomic E-state index is 11.2. The van der Waals surface area contributed by atoms with Crippen LogP contribution in [0.25, 0.3) is 0 Å². The van der Waals surface area contributed by atoms with Crippen molar-refractivity contribution in [1.29, 1.82) is 0 Å². The maximum atomic E-state index is 11.2. The predicted octanol–water partition coefficient (Wildman–Crippen LogP) is 2.10. The van der Waals surface area contributed by atoms with Gasteiger partial charge in [-0.15, -0.1) is 0 Å². The van der Waals surface area contributed by atoms with Crippen LogP contribution in [0, 0.1) is 11.3 Å². The molecular formula is C10H21NOS. The average Bonchev–Trinajstić information content (AvgIpc) is 1.97. The van der Waals surface area contributed by atoms with Crippen LogP contribution in [0.3, 0.4) is 0 Å². The number of carbonyl (C=O) groups is 1. The Hall–Kier alpha value is -0.180. The number of hydrogen-bond donors (Lipinski definition) is 2. The van der Waals surface area contributed by atoms with Crippen LogP contribution in [0.5, 0.6) is 0 Å². The van der Waals surface area contributed by atoms with E-state index in [0.29, 0.717) is 5.92 Å². The quantitative estimate of drug-likeness (QED) is 0.676. The molecule has 0 bridgehead atoms. The lowest BCUT2D eigenvalue weighted by Crippen LogP contribution is -2.36. The Morgan fingerprint density at radius 3 is 2.15 bits per heavy atom. The molecule has 0 saturated heterocycles. The lowest BCUT2D eigenvalue weighted by atomic mass is 9.82. The summed E-state index contributed by atoms with van der Waals surface area (Å²) in [7, 11) is 0. The van der Waals surface area contributed by atoms with Crippen molar-refractivity contribution >= 4 is 18.5 Å². The van der Waals surface area contributed by atoms with Gasteiger partial charge in [-0.2, -0.15) is 12.6 Å². The van der Waals surface area contributed by atoms with Gasteiger partial charge in [0.1, 0.15) is 0 Å². The topological polar surface area (TPSA) is 29.1 Å². The fourth-order valence-corrected chi connectivity index (χ4v) is 0.799. The van der Waals surface area contributed by atoms with E-state index < -0.39 is 0 Å². The molecule has 0 heterocycles. The summed E-state index contributed by atoms with van der Waals surface area (Å²) in [5.74, 6) is 0.489. The van der Waals surface area contributed by atoms with Gasteiger partial charge < -0.3 is 5.32 Å². The Labute approximate surface area is 86.9 Å². The van der Waals surface area contributed by atoms with Gasteiger partial charge in [-0.1, -0.05) is 27.7 Å². The molecule has 3 heteroatoms. The summed E-state index contributed by atoms with van der Waals surface area (Å²) in [4.78, 5) is 11.2. The molecule has 2 nitrogen and oxygen atoms in total. The maximum Gasteiger partial charge on any atom is 0.232 e. The van der Waals surface area contributed by atoms with E-state index in [1.807, 2.05) is 0 Å². The minimum atomic E-state index is -0.216. The Balaban J connectivity index is 3.84. The van der Waals surface area contributed by atoms with E-state index in [4.69, 9.17) is 0 Å². The highest BCUT2D eigenvalue weighted by atomic mass is 32.1. The Kier molecular flexibility index (Phi) is 4.82. The second-order valence-corrected chi connectivity index (χ2v) is 5.46. The van der Waals surface area contributed by atoms with Crippen LogP contribution in [-0.2, 0) is 4.79 Å². The second-order valence-electron chi connectivity index (χ2n) is 4.69. The van der Waals surface area contributed by atoms with E-state index in [1.54, 1.807) is 6.92 Å². The van der Waals surface area contributed by atoms with Gasteiger partial charge in [-0.3, -0.25) is 4.79 Å². The van der Waals surface area contributed by atoms with Gasteiger partial charge in [0.15, 0.2) is 0 Å². The Bertz CT molecular complexity index is 172. The van der Waals surface area contributed by atoms with Crippen molar-refractivity contribution in [2.45, 2.75) is 39.9 Å². The molecule has 78 valence electrons. The smallest absolute Gasteiger partial charge is 0.232 e. The molecule has 2 atom stereocenters. The normalized spacial score (nSPS) is 16.5. The monoisotopic (exact) mass is 203 g/mol. The first-order chi connectivity index (χ1) is 5.75. The average molecular weight is 203 g/mol. The predicted molar refractivity (Wildman–Crippen MR) is 60.1 cm³/mol. The molecule has 0 aromatic carbocycles. The second kappa shape index (κ2) is 4.89. The summed E-state index contributed by atoms with van der Waals surface area (Å²) in [6, 6.07) is 0. The summed E-state index contributed by atoms with van der Waals surface area (Å²) in [6.45, 7) is 11.2. The molecule has 1 amide bonds. The van der Waals surface area contributed by atoms with Crippen LogP contribution in [0.2, 0.25) is 0 Å². The van der Waals surface area contributed by atoms with Crippen molar-refractivity contribution in [2.24, 2.45) is 11.3 Å². The van der Waals surface area contributed by atoms with Crippen LogP contribution in [0.15, 0.2) is 0 Å². The Morgan fingerprint density at radius 2 is 1.85 bits per heavy atom. The molecule has 0 rings (SSSR count). The van der Waals surface area contributed by atoms with Crippen LogP contribution < -0.4 is 5.32 Å². The molecule has 0 radical (unpaired) electrons. The number of amides is 1. The van der Waals surface area contributed by atoms with E-state index >= 15 is 0 Å². The summed E-state index contributed by atoms with van der Waals surface area (Å²) >= 11 is 4.06. The zero-order chi connectivity index (χ0) is 10.6. The summed E-state index contributed by atoms with van der Waals surface area (Å²) in [5.41, 5.74) is 0.243. The molecule has 0 aromatic heterocycles. The molecule has 0 saturated carbocycles. The summed E-state index contributed by atoms with van der Waals surface area (Å²) in [6.07, 6.45) is 0. The molecule has 0 aliphatic heterocycles. The van der Waals surface area contributed by atoms with Gasteiger partial charge in [0.05, 0.1) is 5.25 Å². The summed E-state index contributed by atoms with van der Waals surface area (Å²) < 4.78 is 0. The molecular weight excluding hydrogens is 182 g/mol. The minimum absolute atomic E-state index is 0.0134. The first-order valence-corrected chi connectivity index (χ1v) is 5.22. The van der Waals surface area contributed by atoms with Crippen molar-refractivity contribution in [1.82, 2.24) is 5.32 Å². The van der Waals surface area contributed by atoms with E-state index in [-0.39, 0.29) is 16.6 Å². The lowest BCUT2D eigenvalue weighted by Gasteiger charge is -2.27. The standard InChI is InChI=1S/C10H21NOS/c1-7(10(3,4)5)6-11-9(12)8(2)13/h7-8,13H,6H2,1-5H3,(H,11,12). The van der Waals surface area contributed by atoms with E-state index in [2.05, 4.69) is 45.6 Å². The van der Waals surface area contributed by atoms with Crippen molar-refractivity contribution < 1.29 is 4.79 Å². The zero-order valence-electron chi connectivity index (χ0n) is 9.22. The van der Waals surface area contributed by atoms with Crippen LogP contribution in [0.4, 0.5) is 0 Å². The van der Waals surface area contributed by atoms with Gasteiger partial charge in [0, 0.05) is 6.54 Å². The molecule has 13 heavy (non-hydrogen) atoms. The first-order valence-electron chi connectivity index (χ1n) is 4.71. The van der Waals surface area contributed by atoms with E-state index in [0.717, 1.165) is 6.54 Å². The number of rotatable bonds is 3. The number of hydrogen-bond acceptors (Lipinski definition) is 2. The SMILES string of the molecule is CC(S)C(=O)NCC(C)C(C)(C)C. The molecule has 1 N–H and O–H groups in total. The van der Waals surface area contributed by atoms with E-state index in [9.17, 15) is 4.79 Å². The zero-order valence-corrected chi connectivity index (χ0v) is 10.1. The van der Waals surface area contributed by atoms with Crippen molar-refractivity contribution in [3.05, 3.63) is 0 Å². The van der Waals surface area contributed by atoms with Crippen LogP contribution >= 0.6 is 12.6 Å².